The van der Waals surface area contributed by atoms with E-state index in [2.05, 4.69) is 76.2 Å². The average molecular weight is 438 g/mol. The van der Waals surface area contributed by atoms with Gasteiger partial charge in [-0.3, -0.25) is 0 Å². The lowest BCUT2D eigenvalue weighted by Gasteiger charge is -2.14. The first-order valence-electron chi connectivity index (χ1n) is 5.03. The molecule has 0 amide bonds. The monoisotopic (exact) mass is 438 g/mol. The van der Waals surface area contributed by atoms with E-state index in [4.69, 9.17) is 0 Å². The molecule has 0 aliphatic heterocycles. The Morgan fingerprint density at radius 2 is 1.38 bits per heavy atom. The Morgan fingerprint density at radius 3 is 2.00 bits per heavy atom. The Hall–Kier alpha value is 0.0200. The minimum absolute atomic E-state index is 0.994. The molecule has 1 aromatic heterocycles. The molecule has 0 aliphatic rings. The van der Waals surface area contributed by atoms with Crippen molar-refractivity contribution in [2.75, 3.05) is 0 Å². The first-order valence-corrected chi connectivity index (χ1v) is 7.18. The quantitative estimate of drug-likeness (QED) is 0.580. The molecule has 0 atom stereocenters. The molecule has 0 bridgehead atoms. The lowest BCUT2D eigenvalue weighted by atomic mass is 9.97. The summed E-state index contributed by atoms with van der Waals surface area (Å²) in [6.07, 6.45) is 0. The SMILES string of the molecule is Cc1c(C)c(I)c2c(I)nnc(C)c2c1C. The minimum atomic E-state index is 0.994. The van der Waals surface area contributed by atoms with Crippen LogP contribution in [0.4, 0.5) is 0 Å². The molecular weight excluding hydrogens is 426 g/mol. The van der Waals surface area contributed by atoms with Gasteiger partial charge in [-0.05, 0) is 89.6 Å². The van der Waals surface area contributed by atoms with Gasteiger partial charge in [-0.15, -0.1) is 5.10 Å². The Kier molecular flexibility index (Phi) is 3.40. The van der Waals surface area contributed by atoms with E-state index in [0.29, 0.717) is 0 Å². The lowest BCUT2D eigenvalue weighted by Crippen LogP contribution is -2.01. The van der Waals surface area contributed by atoms with Crippen LogP contribution < -0.4 is 0 Å². The molecule has 0 unspecified atom stereocenters. The van der Waals surface area contributed by atoms with Gasteiger partial charge in [-0.25, -0.2) is 0 Å². The van der Waals surface area contributed by atoms with Gasteiger partial charge in [-0.2, -0.15) is 5.10 Å². The molecule has 2 nitrogen and oxygen atoms in total. The van der Waals surface area contributed by atoms with Crippen molar-refractivity contribution < 1.29 is 0 Å². The number of fused-ring (bicyclic) bond motifs is 1. The van der Waals surface area contributed by atoms with E-state index in [1.54, 1.807) is 0 Å². The van der Waals surface area contributed by atoms with Crippen LogP contribution in [0.3, 0.4) is 0 Å². The summed E-state index contributed by atoms with van der Waals surface area (Å²) in [5.41, 5.74) is 5.08. The van der Waals surface area contributed by atoms with Gasteiger partial charge in [0.2, 0.25) is 0 Å². The van der Waals surface area contributed by atoms with Crippen LogP contribution in [0.5, 0.6) is 0 Å². The van der Waals surface area contributed by atoms with Gasteiger partial charge < -0.3 is 0 Å². The van der Waals surface area contributed by atoms with Crippen molar-refractivity contribution in [3.05, 3.63) is 29.7 Å². The van der Waals surface area contributed by atoms with Gasteiger partial charge in [0, 0.05) is 14.3 Å². The molecule has 0 radical (unpaired) electrons. The van der Waals surface area contributed by atoms with Crippen LogP contribution >= 0.6 is 45.2 Å². The largest absolute Gasteiger partial charge is 0.154 e. The van der Waals surface area contributed by atoms with Crippen LogP contribution in [0.1, 0.15) is 22.4 Å². The topological polar surface area (TPSA) is 25.8 Å². The average Bonchev–Trinajstić information content (AvgIpc) is 2.26. The van der Waals surface area contributed by atoms with Gasteiger partial charge >= 0.3 is 0 Å². The molecule has 0 N–H and O–H groups in total. The highest BCUT2D eigenvalue weighted by Crippen LogP contribution is 2.33. The van der Waals surface area contributed by atoms with Gasteiger partial charge in [0.1, 0.15) is 3.70 Å². The number of halogens is 2. The normalized spacial score (nSPS) is 11.1. The summed E-state index contributed by atoms with van der Waals surface area (Å²) in [6, 6.07) is 0. The predicted octanol–water partition coefficient (Wildman–Crippen LogP) is 4.07. The molecule has 0 aliphatic carbocycles. The summed E-state index contributed by atoms with van der Waals surface area (Å²) in [5, 5.41) is 11.0. The molecule has 0 saturated heterocycles. The fourth-order valence-corrected chi connectivity index (χ4v) is 4.08. The fraction of sp³-hybridized carbons (Fsp3) is 0.333. The number of nitrogens with zero attached hydrogens (tertiary/aromatic N) is 2. The van der Waals surface area contributed by atoms with E-state index in [1.807, 2.05) is 6.92 Å². The van der Waals surface area contributed by atoms with Gasteiger partial charge in [0.15, 0.2) is 0 Å². The molecule has 1 heterocycles. The molecule has 0 fully saturated rings. The predicted molar refractivity (Wildman–Crippen MR) is 83.9 cm³/mol. The molecule has 1 aromatic carbocycles. The lowest BCUT2D eigenvalue weighted by molar-refractivity contribution is 0.976. The maximum atomic E-state index is 4.22. The van der Waals surface area contributed by atoms with Crippen molar-refractivity contribution in [2.45, 2.75) is 27.7 Å². The number of aromatic nitrogens is 2. The number of rotatable bonds is 0. The zero-order chi connectivity index (χ0) is 12.0. The van der Waals surface area contributed by atoms with Crippen molar-refractivity contribution in [1.29, 1.82) is 0 Å². The second-order valence-corrected chi connectivity index (χ2v) is 6.12. The van der Waals surface area contributed by atoms with Crippen LogP contribution in [0, 0.1) is 35.0 Å². The highest BCUT2D eigenvalue weighted by Gasteiger charge is 2.15. The van der Waals surface area contributed by atoms with Gasteiger partial charge in [0.05, 0.1) is 5.69 Å². The standard InChI is InChI=1S/C12H12I2N2/c1-5-6(2)9-8(4)15-16-12(14)10(9)11(13)7(5)3/h1-4H3. The summed E-state index contributed by atoms with van der Waals surface area (Å²) in [5.74, 6) is 0. The zero-order valence-corrected chi connectivity index (χ0v) is 14.0. The van der Waals surface area contributed by atoms with Crippen molar-refractivity contribution in [2.24, 2.45) is 0 Å². The van der Waals surface area contributed by atoms with Crippen molar-refractivity contribution in [3.8, 4) is 0 Å². The molecule has 2 aromatic rings. The summed E-state index contributed by atoms with van der Waals surface area (Å²) >= 11 is 4.68. The first kappa shape index (κ1) is 12.5. The van der Waals surface area contributed by atoms with Crippen molar-refractivity contribution in [3.63, 3.8) is 0 Å². The Morgan fingerprint density at radius 1 is 0.750 bits per heavy atom. The second-order valence-electron chi connectivity index (χ2n) is 4.02. The van der Waals surface area contributed by atoms with Crippen LogP contribution in [-0.4, -0.2) is 10.2 Å². The van der Waals surface area contributed by atoms with E-state index >= 15 is 0 Å². The van der Waals surface area contributed by atoms with Crippen LogP contribution in [-0.2, 0) is 0 Å². The zero-order valence-electron chi connectivity index (χ0n) is 9.65. The van der Waals surface area contributed by atoms with E-state index in [-0.39, 0.29) is 0 Å². The van der Waals surface area contributed by atoms with Crippen LogP contribution in [0.25, 0.3) is 10.8 Å². The highest BCUT2D eigenvalue weighted by atomic mass is 127. The summed E-state index contributed by atoms with van der Waals surface area (Å²) < 4.78 is 2.30. The van der Waals surface area contributed by atoms with E-state index in [0.717, 1.165) is 9.39 Å². The van der Waals surface area contributed by atoms with E-state index in [1.165, 1.54) is 31.0 Å². The number of benzene rings is 1. The van der Waals surface area contributed by atoms with Crippen LogP contribution in [0.2, 0.25) is 0 Å². The van der Waals surface area contributed by atoms with Gasteiger partial charge in [0.25, 0.3) is 0 Å². The summed E-state index contributed by atoms with van der Waals surface area (Å²) in [6.45, 7) is 8.56. The van der Waals surface area contributed by atoms with Crippen molar-refractivity contribution >= 4 is 56.0 Å². The Balaban J connectivity index is 3.14. The third-order valence-corrected chi connectivity index (χ3v) is 5.26. The Labute approximate surface area is 123 Å². The minimum Gasteiger partial charge on any atom is -0.154 e. The molecule has 4 heteroatoms. The summed E-state index contributed by atoms with van der Waals surface area (Å²) in [7, 11) is 0. The van der Waals surface area contributed by atoms with E-state index in [9.17, 15) is 0 Å². The van der Waals surface area contributed by atoms with Crippen molar-refractivity contribution in [1.82, 2.24) is 10.2 Å². The molecule has 0 saturated carbocycles. The summed E-state index contributed by atoms with van der Waals surface area (Å²) in [4.78, 5) is 0. The number of hydrogen-bond donors (Lipinski definition) is 0. The number of hydrogen-bond acceptors (Lipinski definition) is 2. The third kappa shape index (κ3) is 1.73. The highest BCUT2D eigenvalue weighted by molar-refractivity contribution is 14.1. The molecule has 16 heavy (non-hydrogen) atoms. The maximum Gasteiger partial charge on any atom is 0.132 e. The smallest absolute Gasteiger partial charge is 0.132 e. The molecule has 84 valence electrons. The molecular formula is C12H12I2N2. The molecule has 0 spiro atoms. The number of aryl methyl sites for hydroxylation is 2. The third-order valence-electron chi connectivity index (χ3n) is 3.15. The second kappa shape index (κ2) is 4.36. The van der Waals surface area contributed by atoms with E-state index < -0.39 is 0 Å². The van der Waals surface area contributed by atoms with Crippen LogP contribution in [0.15, 0.2) is 0 Å². The Bertz CT molecular complexity index is 539. The fourth-order valence-electron chi connectivity index (χ4n) is 1.98. The maximum absolute atomic E-state index is 4.22. The first-order chi connectivity index (χ1) is 7.45. The van der Waals surface area contributed by atoms with Gasteiger partial charge in [-0.1, -0.05) is 0 Å². The molecule has 2 rings (SSSR count).